The van der Waals surface area contributed by atoms with E-state index in [4.69, 9.17) is 9.84 Å². The van der Waals surface area contributed by atoms with E-state index in [1.165, 1.54) is 18.2 Å². The number of phenolic OH excluding ortho intramolecular Hbond substituents is 1. The number of aliphatic carboxylic acids is 1. The van der Waals surface area contributed by atoms with Crippen LogP contribution in [0.15, 0.2) is 63.7 Å². The molecule has 0 aliphatic heterocycles. The lowest BCUT2D eigenvalue weighted by molar-refractivity contribution is -0.136. The molecule has 0 aliphatic rings. The second-order valence-corrected chi connectivity index (χ2v) is 8.28. The molecule has 160 valence electrons. The summed E-state index contributed by atoms with van der Waals surface area (Å²) in [5, 5.41) is 21.8. The van der Waals surface area contributed by atoms with Crippen LogP contribution < -0.4 is 10.1 Å². The number of ether oxygens (including phenoxy) is 1. The third-order valence-electron chi connectivity index (χ3n) is 4.24. The highest BCUT2D eigenvalue weighted by Gasteiger charge is 2.16. The molecule has 1 amide bonds. The lowest BCUT2D eigenvalue weighted by Crippen LogP contribution is -2.26. The number of carbonyl (C=O) groups is 2. The first-order valence-electron chi connectivity index (χ1n) is 9.22. The summed E-state index contributed by atoms with van der Waals surface area (Å²) in [7, 11) is 0. The molecule has 3 rings (SSSR count). The number of amides is 1. The molecular weight excluding hydrogens is 532 g/mol. The van der Waals surface area contributed by atoms with E-state index < -0.39 is 11.9 Å². The normalized spacial score (nSPS) is 10.5. The van der Waals surface area contributed by atoms with E-state index in [1.807, 2.05) is 18.2 Å². The van der Waals surface area contributed by atoms with Gasteiger partial charge in [0.2, 0.25) is 0 Å². The molecule has 0 fully saturated rings. The van der Waals surface area contributed by atoms with Crippen LogP contribution in [-0.2, 0) is 17.6 Å². The minimum atomic E-state index is -0.940. The standard InChI is InChI=1S/C22H18Br2N2O5/c23-17-9-13(11-20(28)29)10-18(24)21(17)31-15-4-5-19(27)16(12-15)22(30)26-8-6-14-3-1-2-7-25-14/h1-5,7,9-10,12,27H,6,8,11H2,(H,26,30)(H,28,29). The monoisotopic (exact) mass is 548 g/mol. The largest absolute Gasteiger partial charge is 0.507 e. The van der Waals surface area contributed by atoms with Crippen LogP contribution in [0, 0.1) is 0 Å². The Labute approximate surface area is 195 Å². The van der Waals surface area contributed by atoms with Gasteiger partial charge >= 0.3 is 5.97 Å². The first-order chi connectivity index (χ1) is 14.8. The molecule has 9 heteroatoms. The van der Waals surface area contributed by atoms with E-state index in [9.17, 15) is 14.7 Å². The highest BCUT2D eigenvalue weighted by atomic mass is 79.9. The molecule has 3 aromatic rings. The third kappa shape index (κ3) is 6.28. The van der Waals surface area contributed by atoms with Gasteiger partial charge in [-0.1, -0.05) is 6.07 Å². The van der Waals surface area contributed by atoms with Crippen LogP contribution in [-0.4, -0.2) is 33.6 Å². The van der Waals surface area contributed by atoms with Crippen LogP contribution in [0.4, 0.5) is 0 Å². The number of hydrogen-bond acceptors (Lipinski definition) is 5. The number of carbonyl (C=O) groups excluding carboxylic acids is 1. The van der Waals surface area contributed by atoms with Crippen LogP contribution >= 0.6 is 31.9 Å². The van der Waals surface area contributed by atoms with Gasteiger partial charge in [-0.2, -0.15) is 0 Å². The topological polar surface area (TPSA) is 109 Å². The summed E-state index contributed by atoms with van der Waals surface area (Å²) in [4.78, 5) is 27.7. The van der Waals surface area contributed by atoms with Crippen LogP contribution in [0.1, 0.15) is 21.6 Å². The molecule has 0 unspecified atom stereocenters. The van der Waals surface area contributed by atoms with Crippen molar-refractivity contribution in [1.29, 1.82) is 0 Å². The number of aromatic nitrogens is 1. The van der Waals surface area contributed by atoms with Crippen molar-refractivity contribution in [3.8, 4) is 17.2 Å². The second-order valence-electron chi connectivity index (χ2n) is 6.57. The SMILES string of the molecule is O=C(O)Cc1cc(Br)c(Oc2ccc(O)c(C(=O)NCCc3ccccn3)c2)c(Br)c1. The summed E-state index contributed by atoms with van der Waals surface area (Å²) in [5.74, 6) is -0.794. The van der Waals surface area contributed by atoms with E-state index in [0.29, 0.717) is 39.0 Å². The van der Waals surface area contributed by atoms with Gasteiger partial charge in [0.05, 0.1) is 20.9 Å². The fraction of sp³-hybridized carbons (Fsp3) is 0.136. The zero-order valence-corrected chi connectivity index (χ0v) is 19.3. The first-order valence-corrected chi connectivity index (χ1v) is 10.8. The Morgan fingerprint density at radius 1 is 1.06 bits per heavy atom. The van der Waals surface area contributed by atoms with Gasteiger partial charge in [-0.15, -0.1) is 0 Å². The number of benzene rings is 2. The van der Waals surface area contributed by atoms with Gasteiger partial charge in [0.25, 0.3) is 5.91 Å². The maximum Gasteiger partial charge on any atom is 0.307 e. The zero-order chi connectivity index (χ0) is 22.4. The molecule has 1 aromatic heterocycles. The first kappa shape index (κ1) is 22.8. The summed E-state index contributed by atoms with van der Waals surface area (Å²) in [6.07, 6.45) is 2.12. The minimum absolute atomic E-state index is 0.0771. The quantitative estimate of drug-likeness (QED) is 0.375. The van der Waals surface area contributed by atoms with Gasteiger partial charge in [0.1, 0.15) is 11.5 Å². The molecule has 0 saturated carbocycles. The number of rotatable bonds is 8. The molecule has 2 aromatic carbocycles. The van der Waals surface area contributed by atoms with Crippen molar-refractivity contribution in [3.05, 3.63) is 80.5 Å². The van der Waals surface area contributed by atoms with Gasteiger partial charge in [-0.25, -0.2) is 0 Å². The van der Waals surface area contributed by atoms with Gasteiger partial charge < -0.3 is 20.3 Å². The van der Waals surface area contributed by atoms with E-state index in [1.54, 1.807) is 18.3 Å². The van der Waals surface area contributed by atoms with Crippen molar-refractivity contribution in [2.75, 3.05) is 6.54 Å². The average Bonchev–Trinajstić information content (AvgIpc) is 2.72. The van der Waals surface area contributed by atoms with E-state index in [-0.39, 0.29) is 17.7 Å². The number of phenols is 1. The Bertz CT molecular complexity index is 1080. The summed E-state index contributed by atoms with van der Waals surface area (Å²) >= 11 is 6.76. The highest BCUT2D eigenvalue weighted by Crippen LogP contribution is 2.38. The Balaban J connectivity index is 1.72. The van der Waals surface area contributed by atoms with Crippen LogP contribution in [0.2, 0.25) is 0 Å². The van der Waals surface area contributed by atoms with Crippen molar-refractivity contribution in [3.63, 3.8) is 0 Å². The molecule has 7 nitrogen and oxygen atoms in total. The average molecular weight is 550 g/mol. The van der Waals surface area contributed by atoms with Crippen molar-refractivity contribution in [2.24, 2.45) is 0 Å². The predicted molar refractivity (Wildman–Crippen MR) is 122 cm³/mol. The Morgan fingerprint density at radius 3 is 2.45 bits per heavy atom. The Morgan fingerprint density at radius 2 is 1.81 bits per heavy atom. The summed E-state index contributed by atoms with van der Waals surface area (Å²) in [6.45, 7) is 0.364. The number of nitrogens with one attached hydrogen (secondary N) is 1. The molecule has 0 spiro atoms. The van der Waals surface area contributed by atoms with Gasteiger partial charge in [-0.3, -0.25) is 14.6 Å². The number of aromatic hydroxyl groups is 1. The molecule has 1 heterocycles. The molecule has 0 saturated heterocycles. The Kier molecular flexibility index (Phi) is 7.64. The molecule has 0 bridgehead atoms. The van der Waals surface area contributed by atoms with Crippen LogP contribution in [0.5, 0.6) is 17.2 Å². The number of carboxylic acid groups (broad SMARTS) is 1. The van der Waals surface area contributed by atoms with Crippen molar-refractivity contribution >= 4 is 43.7 Å². The minimum Gasteiger partial charge on any atom is -0.507 e. The zero-order valence-electron chi connectivity index (χ0n) is 16.1. The number of hydrogen-bond donors (Lipinski definition) is 3. The summed E-state index contributed by atoms with van der Waals surface area (Å²) in [6, 6.07) is 13.2. The molecule has 3 N–H and O–H groups in total. The van der Waals surface area contributed by atoms with Gasteiger partial charge in [-0.05, 0) is 79.9 Å². The fourth-order valence-electron chi connectivity index (χ4n) is 2.81. The second kappa shape index (κ2) is 10.4. The maximum absolute atomic E-state index is 12.5. The highest BCUT2D eigenvalue weighted by molar-refractivity contribution is 9.11. The maximum atomic E-state index is 12.5. The molecule has 0 aliphatic carbocycles. The smallest absolute Gasteiger partial charge is 0.307 e. The number of nitrogens with zero attached hydrogens (tertiary/aromatic N) is 1. The van der Waals surface area contributed by atoms with Gasteiger partial charge in [0, 0.05) is 24.9 Å². The van der Waals surface area contributed by atoms with Crippen molar-refractivity contribution in [2.45, 2.75) is 12.8 Å². The van der Waals surface area contributed by atoms with E-state index >= 15 is 0 Å². The molecule has 31 heavy (non-hydrogen) atoms. The van der Waals surface area contributed by atoms with Crippen LogP contribution in [0.3, 0.4) is 0 Å². The third-order valence-corrected chi connectivity index (χ3v) is 5.42. The summed E-state index contributed by atoms with van der Waals surface area (Å²) < 4.78 is 6.97. The van der Waals surface area contributed by atoms with Crippen molar-refractivity contribution < 1.29 is 24.5 Å². The number of carboxylic acids is 1. The number of pyridine rings is 1. The molecule has 0 atom stereocenters. The molecule has 0 radical (unpaired) electrons. The number of halogens is 2. The van der Waals surface area contributed by atoms with Gasteiger partial charge in [0.15, 0.2) is 5.75 Å². The lowest BCUT2D eigenvalue weighted by Gasteiger charge is -2.13. The lowest BCUT2D eigenvalue weighted by atomic mass is 10.1. The fourth-order valence-corrected chi connectivity index (χ4v) is 4.25. The predicted octanol–water partition coefficient (Wildman–Crippen LogP) is 4.70. The van der Waals surface area contributed by atoms with E-state index in [2.05, 4.69) is 42.2 Å². The molecular formula is C22H18Br2N2O5. The Hall–Kier alpha value is -2.91. The summed E-state index contributed by atoms with van der Waals surface area (Å²) in [5.41, 5.74) is 1.52. The van der Waals surface area contributed by atoms with Crippen molar-refractivity contribution in [1.82, 2.24) is 10.3 Å². The van der Waals surface area contributed by atoms with E-state index in [0.717, 1.165) is 5.69 Å². The van der Waals surface area contributed by atoms with Crippen LogP contribution in [0.25, 0.3) is 0 Å².